The zero-order valence-corrected chi connectivity index (χ0v) is 10.8. The van der Waals surface area contributed by atoms with Crippen LogP contribution in [0.1, 0.15) is 33.6 Å². The number of hydrogen-bond donors (Lipinski definition) is 2. The number of hydrogen-bond acceptors (Lipinski definition) is 2. The number of urea groups is 1. The van der Waals surface area contributed by atoms with E-state index in [0.29, 0.717) is 26.1 Å². The fourth-order valence-electron chi connectivity index (χ4n) is 1.82. The van der Waals surface area contributed by atoms with Gasteiger partial charge in [-0.3, -0.25) is 4.79 Å². The predicted octanol–water partition coefficient (Wildman–Crippen LogP) is 1.54. The number of nitrogens with one attached hydrogen (secondary N) is 1. The van der Waals surface area contributed by atoms with Gasteiger partial charge in [0.15, 0.2) is 0 Å². The molecule has 0 aromatic heterocycles. The Balaban J connectivity index is 2.44. The van der Waals surface area contributed by atoms with Crippen molar-refractivity contribution in [2.24, 2.45) is 11.3 Å². The molecule has 0 aromatic carbocycles. The molecule has 0 bridgehead atoms. The van der Waals surface area contributed by atoms with Gasteiger partial charge in [-0.1, -0.05) is 20.8 Å². The maximum Gasteiger partial charge on any atom is 0.317 e. The number of carboxylic acid groups (broad SMARTS) is 1. The van der Waals surface area contributed by atoms with Gasteiger partial charge in [-0.05, 0) is 18.3 Å². The largest absolute Gasteiger partial charge is 0.481 e. The molecule has 1 heterocycles. The van der Waals surface area contributed by atoms with E-state index in [-0.39, 0.29) is 11.4 Å². The van der Waals surface area contributed by atoms with Gasteiger partial charge in [-0.15, -0.1) is 0 Å². The second-order valence-electron chi connectivity index (χ2n) is 5.84. The highest BCUT2D eigenvalue weighted by Crippen LogP contribution is 2.17. The van der Waals surface area contributed by atoms with E-state index >= 15 is 0 Å². The fraction of sp³-hybridized carbons (Fsp3) is 0.833. The lowest BCUT2D eigenvalue weighted by molar-refractivity contribution is -0.143. The first-order valence-corrected chi connectivity index (χ1v) is 6.05. The number of carbonyl (C=O) groups is 2. The van der Waals surface area contributed by atoms with Crippen LogP contribution in [0.4, 0.5) is 4.79 Å². The quantitative estimate of drug-likeness (QED) is 0.771. The van der Waals surface area contributed by atoms with Gasteiger partial charge in [0.2, 0.25) is 0 Å². The number of likely N-dealkylation sites (tertiary alicyclic amines) is 1. The Kier molecular flexibility index (Phi) is 4.37. The van der Waals surface area contributed by atoms with E-state index in [0.717, 1.165) is 6.42 Å². The Hall–Kier alpha value is -1.26. The topological polar surface area (TPSA) is 69.6 Å². The van der Waals surface area contributed by atoms with Crippen molar-refractivity contribution in [1.82, 2.24) is 10.2 Å². The average molecular weight is 242 g/mol. The molecule has 0 spiro atoms. The van der Waals surface area contributed by atoms with Crippen molar-refractivity contribution >= 4 is 12.0 Å². The van der Waals surface area contributed by atoms with Gasteiger partial charge in [0, 0.05) is 19.6 Å². The van der Waals surface area contributed by atoms with Gasteiger partial charge in [0.1, 0.15) is 0 Å². The molecule has 1 atom stereocenters. The molecular formula is C12H22N2O3. The molecule has 1 aliphatic rings. The Labute approximate surface area is 102 Å². The lowest BCUT2D eigenvalue weighted by Crippen LogP contribution is -2.48. The summed E-state index contributed by atoms with van der Waals surface area (Å²) >= 11 is 0. The van der Waals surface area contributed by atoms with Crippen LogP contribution in [0, 0.1) is 11.3 Å². The minimum Gasteiger partial charge on any atom is -0.481 e. The Morgan fingerprint density at radius 1 is 1.41 bits per heavy atom. The van der Waals surface area contributed by atoms with Gasteiger partial charge in [0.05, 0.1) is 5.92 Å². The second-order valence-corrected chi connectivity index (χ2v) is 5.84. The zero-order valence-electron chi connectivity index (χ0n) is 10.8. The minimum atomic E-state index is -0.807. The van der Waals surface area contributed by atoms with Gasteiger partial charge < -0.3 is 15.3 Å². The molecule has 0 aromatic rings. The van der Waals surface area contributed by atoms with Crippen LogP contribution in [0.15, 0.2) is 0 Å². The number of piperidine rings is 1. The van der Waals surface area contributed by atoms with Gasteiger partial charge in [0.25, 0.3) is 0 Å². The first-order valence-electron chi connectivity index (χ1n) is 6.05. The highest BCUT2D eigenvalue weighted by atomic mass is 16.4. The fourth-order valence-corrected chi connectivity index (χ4v) is 1.82. The monoisotopic (exact) mass is 242 g/mol. The summed E-state index contributed by atoms with van der Waals surface area (Å²) in [6, 6.07) is -0.147. The minimum absolute atomic E-state index is 0.0393. The first-order chi connectivity index (χ1) is 7.79. The van der Waals surface area contributed by atoms with Crippen LogP contribution >= 0.6 is 0 Å². The summed E-state index contributed by atoms with van der Waals surface area (Å²) in [7, 11) is 0. The number of aliphatic carboxylic acids is 1. The third-order valence-corrected chi connectivity index (χ3v) is 2.83. The van der Waals surface area contributed by atoms with Crippen LogP contribution < -0.4 is 5.32 Å². The lowest BCUT2D eigenvalue weighted by Gasteiger charge is -2.31. The smallest absolute Gasteiger partial charge is 0.317 e. The van der Waals surface area contributed by atoms with Crippen LogP contribution in [-0.2, 0) is 4.79 Å². The predicted molar refractivity (Wildman–Crippen MR) is 64.8 cm³/mol. The van der Waals surface area contributed by atoms with Crippen molar-refractivity contribution in [2.45, 2.75) is 33.6 Å². The third kappa shape index (κ3) is 4.63. The first kappa shape index (κ1) is 13.8. The average Bonchev–Trinajstić information content (AvgIpc) is 2.25. The normalized spacial score (nSPS) is 21.1. The van der Waals surface area contributed by atoms with Crippen LogP contribution in [0.2, 0.25) is 0 Å². The van der Waals surface area contributed by atoms with Crippen molar-refractivity contribution in [2.75, 3.05) is 19.6 Å². The van der Waals surface area contributed by atoms with Gasteiger partial charge in [-0.25, -0.2) is 4.79 Å². The molecule has 0 unspecified atom stereocenters. The molecule has 2 amide bonds. The SMILES string of the molecule is CC(C)(C)CNC(=O)N1CCC[C@H](C(=O)O)C1. The van der Waals surface area contributed by atoms with E-state index in [1.165, 1.54) is 0 Å². The van der Waals surface area contributed by atoms with E-state index in [9.17, 15) is 9.59 Å². The highest BCUT2D eigenvalue weighted by molar-refractivity contribution is 5.76. The lowest BCUT2D eigenvalue weighted by atomic mass is 9.97. The molecule has 5 heteroatoms. The summed E-state index contributed by atoms with van der Waals surface area (Å²) in [4.78, 5) is 24.3. The Bertz CT molecular complexity index is 297. The van der Waals surface area contributed by atoms with E-state index in [2.05, 4.69) is 5.32 Å². The van der Waals surface area contributed by atoms with E-state index < -0.39 is 11.9 Å². The number of carboxylic acids is 1. The zero-order chi connectivity index (χ0) is 13.1. The summed E-state index contributed by atoms with van der Waals surface area (Å²) < 4.78 is 0. The maximum absolute atomic E-state index is 11.8. The molecule has 1 rings (SSSR count). The molecule has 98 valence electrons. The molecule has 5 nitrogen and oxygen atoms in total. The molecule has 0 radical (unpaired) electrons. The number of nitrogens with zero attached hydrogens (tertiary/aromatic N) is 1. The molecule has 1 fully saturated rings. The third-order valence-electron chi connectivity index (χ3n) is 2.83. The Morgan fingerprint density at radius 3 is 2.59 bits per heavy atom. The Morgan fingerprint density at radius 2 is 2.06 bits per heavy atom. The summed E-state index contributed by atoms with van der Waals surface area (Å²) in [5.41, 5.74) is 0.0393. The van der Waals surface area contributed by atoms with Crippen molar-refractivity contribution in [3.8, 4) is 0 Å². The number of amides is 2. The summed E-state index contributed by atoms with van der Waals surface area (Å²) in [6.07, 6.45) is 1.43. The molecule has 0 saturated carbocycles. The van der Waals surface area contributed by atoms with Crippen molar-refractivity contribution in [3.63, 3.8) is 0 Å². The van der Waals surface area contributed by atoms with Crippen molar-refractivity contribution < 1.29 is 14.7 Å². The standard InChI is InChI=1S/C12H22N2O3/c1-12(2,3)8-13-11(17)14-6-4-5-9(7-14)10(15)16/h9H,4-8H2,1-3H3,(H,13,17)(H,15,16)/t9-/m0/s1. The second kappa shape index (κ2) is 5.38. The van der Waals surface area contributed by atoms with Crippen LogP contribution in [0.5, 0.6) is 0 Å². The molecule has 1 aliphatic heterocycles. The molecular weight excluding hydrogens is 220 g/mol. The summed E-state index contributed by atoms with van der Waals surface area (Å²) in [5.74, 6) is -1.22. The van der Waals surface area contributed by atoms with E-state index in [1.54, 1.807) is 4.90 Å². The molecule has 2 N–H and O–H groups in total. The highest BCUT2D eigenvalue weighted by Gasteiger charge is 2.28. The number of carbonyl (C=O) groups excluding carboxylic acids is 1. The molecule has 0 aliphatic carbocycles. The molecule has 1 saturated heterocycles. The summed E-state index contributed by atoms with van der Waals surface area (Å²) in [6.45, 7) is 7.71. The van der Waals surface area contributed by atoms with Crippen molar-refractivity contribution in [3.05, 3.63) is 0 Å². The molecule has 17 heavy (non-hydrogen) atoms. The van der Waals surface area contributed by atoms with Crippen LogP contribution in [0.25, 0.3) is 0 Å². The van der Waals surface area contributed by atoms with Gasteiger partial charge in [-0.2, -0.15) is 0 Å². The van der Waals surface area contributed by atoms with Crippen LogP contribution in [0.3, 0.4) is 0 Å². The van der Waals surface area contributed by atoms with E-state index in [1.807, 2.05) is 20.8 Å². The number of rotatable bonds is 2. The summed E-state index contributed by atoms with van der Waals surface area (Å²) in [5, 5.41) is 11.8. The maximum atomic E-state index is 11.8. The van der Waals surface area contributed by atoms with Crippen LogP contribution in [-0.4, -0.2) is 41.6 Å². The van der Waals surface area contributed by atoms with Gasteiger partial charge >= 0.3 is 12.0 Å². The van der Waals surface area contributed by atoms with E-state index in [4.69, 9.17) is 5.11 Å². The van der Waals surface area contributed by atoms with Crippen molar-refractivity contribution in [1.29, 1.82) is 0 Å².